The number of H-pyrrole nitrogens is 2. The van der Waals surface area contributed by atoms with Gasteiger partial charge in [0, 0.05) is 8.95 Å². The molecule has 2 N–H and O–H groups in total. The van der Waals surface area contributed by atoms with Gasteiger partial charge in [0.25, 0.3) is 17.1 Å². The number of ether oxygens (including phenoxy) is 1. The fraction of sp³-hybridized carbons (Fsp3) is 0.111. The van der Waals surface area contributed by atoms with Gasteiger partial charge in [-0.05, 0) is 42.8 Å². The van der Waals surface area contributed by atoms with E-state index in [0.29, 0.717) is 15.6 Å². The Morgan fingerprint density at radius 3 is 1.97 bits per heavy atom. The Morgan fingerprint density at radius 2 is 1.43 bits per heavy atom. The van der Waals surface area contributed by atoms with Gasteiger partial charge in [0.2, 0.25) is 5.28 Å². The van der Waals surface area contributed by atoms with E-state index in [4.69, 9.17) is 16.3 Å². The molecule has 30 heavy (non-hydrogen) atoms. The second kappa shape index (κ2) is 9.19. The molecule has 156 valence electrons. The highest BCUT2D eigenvalue weighted by Crippen LogP contribution is 2.21. The van der Waals surface area contributed by atoms with Gasteiger partial charge in [-0.2, -0.15) is 4.98 Å². The summed E-state index contributed by atoms with van der Waals surface area (Å²) in [4.78, 5) is 35.2. The molecule has 0 saturated heterocycles. The molecule has 0 aliphatic rings. The van der Waals surface area contributed by atoms with E-state index in [0.717, 1.165) is 0 Å². The quantitative estimate of drug-likeness (QED) is 0.344. The second-order valence-corrected chi connectivity index (χ2v) is 7.92. The minimum atomic E-state index is -0.581. The van der Waals surface area contributed by atoms with E-state index in [1.54, 1.807) is 6.92 Å². The van der Waals surface area contributed by atoms with Crippen molar-refractivity contribution in [2.45, 2.75) is 6.92 Å². The lowest BCUT2D eigenvalue weighted by atomic mass is 10.2. The zero-order valence-corrected chi connectivity index (χ0v) is 19.0. The monoisotopic (exact) mass is 562 g/mol. The lowest BCUT2D eigenvalue weighted by molar-refractivity contribution is 0.313. The van der Waals surface area contributed by atoms with Crippen LogP contribution in [0.5, 0.6) is 6.01 Å². The maximum absolute atomic E-state index is 13.5. The number of hydrogen-bond acceptors (Lipinski definition) is 5. The molecule has 0 bridgehead atoms. The Labute approximate surface area is 188 Å². The Balaban J connectivity index is 0.000000172. The number of nitrogens with one attached hydrogen (secondary N) is 2. The summed E-state index contributed by atoms with van der Waals surface area (Å²) in [5, 5.41) is 0.236. The van der Waals surface area contributed by atoms with E-state index in [2.05, 4.69) is 51.8 Å². The predicted molar refractivity (Wildman–Crippen MR) is 116 cm³/mol. The van der Waals surface area contributed by atoms with Gasteiger partial charge in [-0.3, -0.25) is 19.6 Å². The van der Waals surface area contributed by atoms with Crippen molar-refractivity contribution in [3.63, 3.8) is 0 Å². The smallest absolute Gasteiger partial charge is 0.297 e. The molecule has 0 atom stereocenters. The minimum absolute atomic E-state index is 0.00963. The Morgan fingerprint density at radius 1 is 0.933 bits per heavy atom. The Hall–Kier alpha value is -2.37. The van der Waals surface area contributed by atoms with Crippen LogP contribution >= 0.6 is 43.5 Å². The van der Waals surface area contributed by atoms with Gasteiger partial charge in [0.1, 0.15) is 11.0 Å². The normalized spacial score (nSPS) is 10.7. The van der Waals surface area contributed by atoms with Gasteiger partial charge in [0.15, 0.2) is 11.6 Å². The van der Waals surface area contributed by atoms with Crippen LogP contribution in [-0.4, -0.2) is 26.5 Å². The fourth-order valence-electron chi connectivity index (χ4n) is 2.49. The van der Waals surface area contributed by atoms with E-state index < -0.39 is 22.8 Å². The van der Waals surface area contributed by atoms with Crippen molar-refractivity contribution in [1.29, 1.82) is 0 Å². The molecule has 4 aromatic rings. The molecule has 0 aliphatic heterocycles. The van der Waals surface area contributed by atoms with Crippen LogP contribution in [0, 0.1) is 11.6 Å². The molecule has 2 heterocycles. The van der Waals surface area contributed by atoms with Crippen molar-refractivity contribution in [3.8, 4) is 6.01 Å². The molecule has 2 aromatic carbocycles. The fourth-order valence-corrected chi connectivity index (χ4v) is 3.52. The molecule has 0 fully saturated rings. The second-order valence-electron chi connectivity index (χ2n) is 5.73. The van der Waals surface area contributed by atoms with Crippen LogP contribution in [0.15, 0.2) is 42.8 Å². The standard InChI is InChI=1S/C10H8BrFN2O2.C8H3BrClFN2O/c1-2-16-10-13-8-6(9(15)14-10)3-5(11)4-7(8)12;9-3-1-4-6(5(11)2-3)12-8(10)13-7(4)14/h3-4H,2H2,1H3,(H,13,14,15);1-2H,(H,12,13,14). The largest absolute Gasteiger partial charge is 0.465 e. The summed E-state index contributed by atoms with van der Waals surface area (Å²) in [6.07, 6.45) is 0. The summed E-state index contributed by atoms with van der Waals surface area (Å²) in [5.41, 5.74) is -0.897. The first-order valence-corrected chi connectivity index (χ1v) is 10.2. The van der Waals surface area contributed by atoms with Gasteiger partial charge < -0.3 is 4.74 Å². The third-order valence-electron chi connectivity index (χ3n) is 3.69. The summed E-state index contributed by atoms with van der Waals surface area (Å²) in [6, 6.07) is 5.51. The molecule has 0 spiro atoms. The van der Waals surface area contributed by atoms with E-state index in [-0.39, 0.29) is 33.1 Å². The van der Waals surface area contributed by atoms with E-state index in [1.807, 2.05) is 0 Å². The van der Waals surface area contributed by atoms with Gasteiger partial charge in [-0.1, -0.05) is 31.9 Å². The highest BCUT2D eigenvalue weighted by Gasteiger charge is 2.10. The Bertz CT molecular complexity index is 1380. The van der Waals surface area contributed by atoms with Gasteiger partial charge in [0.05, 0.1) is 17.4 Å². The molecule has 0 saturated carbocycles. The van der Waals surface area contributed by atoms with Gasteiger partial charge in [-0.15, -0.1) is 0 Å². The van der Waals surface area contributed by atoms with Crippen LogP contribution in [0.4, 0.5) is 8.78 Å². The molecular weight excluding hydrogens is 553 g/mol. The van der Waals surface area contributed by atoms with Crippen LogP contribution in [0.25, 0.3) is 21.8 Å². The van der Waals surface area contributed by atoms with Crippen molar-refractivity contribution < 1.29 is 13.5 Å². The van der Waals surface area contributed by atoms with Gasteiger partial charge in [-0.25, -0.2) is 13.8 Å². The van der Waals surface area contributed by atoms with Gasteiger partial charge >= 0.3 is 0 Å². The first-order chi connectivity index (χ1) is 14.2. The summed E-state index contributed by atoms with van der Waals surface area (Å²) in [7, 11) is 0. The number of nitrogens with zero attached hydrogens (tertiary/aromatic N) is 2. The van der Waals surface area contributed by atoms with Crippen molar-refractivity contribution >= 4 is 65.3 Å². The number of hydrogen-bond donors (Lipinski definition) is 2. The number of aromatic amines is 2. The molecular formula is C18H11Br2ClF2N4O3. The predicted octanol–water partition coefficient (Wildman–Crippen LogP) is 4.70. The third kappa shape index (κ3) is 4.85. The SMILES string of the molecule is CCOc1nc2c(F)cc(Br)cc2c(=O)[nH]1.O=c1[nH]c(Cl)nc2c(F)cc(Br)cc12. The third-order valence-corrected chi connectivity index (χ3v) is 4.78. The lowest BCUT2D eigenvalue weighted by Crippen LogP contribution is -2.11. The van der Waals surface area contributed by atoms with Crippen LogP contribution in [-0.2, 0) is 0 Å². The summed E-state index contributed by atoms with van der Waals surface area (Å²) in [5.74, 6) is -1.14. The maximum atomic E-state index is 13.5. The van der Waals surface area contributed by atoms with E-state index in [9.17, 15) is 18.4 Å². The average molecular weight is 565 g/mol. The summed E-state index contributed by atoms with van der Waals surface area (Å²) in [6.45, 7) is 2.11. The van der Waals surface area contributed by atoms with Crippen LogP contribution in [0.3, 0.4) is 0 Å². The minimum Gasteiger partial charge on any atom is -0.465 e. The van der Waals surface area contributed by atoms with E-state index in [1.165, 1.54) is 24.3 Å². The summed E-state index contributed by atoms with van der Waals surface area (Å²) >= 11 is 11.7. The molecule has 0 aliphatic carbocycles. The molecule has 7 nitrogen and oxygen atoms in total. The molecule has 4 rings (SSSR count). The maximum Gasteiger partial charge on any atom is 0.297 e. The number of fused-ring (bicyclic) bond motifs is 2. The molecule has 0 amide bonds. The summed E-state index contributed by atoms with van der Waals surface area (Å²) < 4.78 is 32.9. The molecule has 2 aromatic heterocycles. The molecule has 12 heteroatoms. The van der Waals surface area contributed by atoms with Crippen LogP contribution < -0.4 is 15.9 Å². The molecule has 0 unspecified atom stereocenters. The molecule has 0 radical (unpaired) electrons. The van der Waals surface area contributed by atoms with E-state index >= 15 is 0 Å². The van der Waals surface area contributed by atoms with Crippen molar-refractivity contribution in [3.05, 3.63) is 70.8 Å². The number of aromatic nitrogens is 4. The topological polar surface area (TPSA) is 101 Å². The zero-order chi connectivity index (χ0) is 22.0. The van der Waals surface area contributed by atoms with Crippen molar-refractivity contribution in [1.82, 2.24) is 19.9 Å². The number of benzene rings is 2. The Kier molecular flexibility index (Phi) is 6.84. The highest BCUT2D eigenvalue weighted by atomic mass is 79.9. The lowest BCUT2D eigenvalue weighted by Gasteiger charge is -2.04. The van der Waals surface area contributed by atoms with Crippen molar-refractivity contribution in [2.75, 3.05) is 6.61 Å². The number of halogens is 5. The first kappa shape index (κ1) is 22.3. The first-order valence-electron chi connectivity index (χ1n) is 8.26. The number of rotatable bonds is 2. The zero-order valence-electron chi connectivity index (χ0n) is 15.0. The average Bonchev–Trinajstić information content (AvgIpc) is 2.65. The van der Waals surface area contributed by atoms with Crippen molar-refractivity contribution in [2.24, 2.45) is 0 Å². The van der Waals surface area contributed by atoms with Crippen LogP contribution in [0.1, 0.15) is 6.92 Å². The van der Waals surface area contributed by atoms with Crippen LogP contribution in [0.2, 0.25) is 5.28 Å². The highest BCUT2D eigenvalue weighted by molar-refractivity contribution is 9.10.